The molecule has 0 spiro atoms. The van der Waals surface area contributed by atoms with E-state index in [0.717, 1.165) is 31.1 Å². The number of nitrogens with one attached hydrogen (secondary N) is 1. The molecule has 2 heterocycles. The van der Waals surface area contributed by atoms with E-state index < -0.39 is 0 Å². The average molecular weight is 314 g/mol. The molecule has 124 valence electrons. The van der Waals surface area contributed by atoms with Crippen LogP contribution in [0.3, 0.4) is 0 Å². The summed E-state index contributed by atoms with van der Waals surface area (Å²) in [5.74, 6) is 2.10. The second-order valence-corrected chi connectivity index (χ2v) is 6.30. The Bertz CT molecular complexity index is 637. The van der Waals surface area contributed by atoms with Gasteiger partial charge in [-0.15, -0.1) is 0 Å². The lowest BCUT2D eigenvalue weighted by atomic mass is 10.0. The number of para-hydroxylation sites is 1. The number of aromatic nitrogens is 2. The standard InChI is InChI=1S/C18H26N4O/c1-21(2)16(14-7-4-5-9-17(14)23-3)13-20-15-8-6-11-22-12-10-19-18(15)22/h4-5,7,9-10,12,15-16,20H,6,8,11,13H2,1-3H3. The highest BCUT2D eigenvalue weighted by Crippen LogP contribution is 2.29. The largest absolute Gasteiger partial charge is 0.496 e. The van der Waals surface area contributed by atoms with Gasteiger partial charge in [-0.3, -0.25) is 0 Å². The lowest BCUT2D eigenvalue weighted by Gasteiger charge is -2.30. The minimum absolute atomic E-state index is 0.261. The molecule has 1 aliphatic rings. The van der Waals surface area contributed by atoms with Crippen LogP contribution in [0.4, 0.5) is 0 Å². The number of fused-ring (bicyclic) bond motifs is 1. The van der Waals surface area contributed by atoms with E-state index in [2.05, 4.69) is 52.2 Å². The Morgan fingerprint density at radius 1 is 1.39 bits per heavy atom. The highest BCUT2D eigenvalue weighted by atomic mass is 16.5. The predicted molar refractivity (Wildman–Crippen MR) is 91.6 cm³/mol. The molecule has 1 N–H and O–H groups in total. The van der Waals surface area contributed by atoms with E-state index in [-0.39, 0.29) is 6.04 Å². The summed E-state index contributed by atoms with van der Waals surface area (Å²) in [5.41, 5.74) is 1.21. The zero-order valence-corrected chi connectivity index (χ0v) is 14.2. The van der Waals surface area contributed by atoms with E-state index in [4.69, 9.17) is 4.74 Å². The summed E-state index contributed by atoms with van der Waals surface area (Å²) in [7, 11) is 5.96. The smallest absolute Gasteiger partial charge is 0.125 e. The van der Waals surface area contributed by atoms with Gasteiger partial charge in [-0.05, 0) is 33.0 Å². The summed E-state index contributed by atoms with van der Waals surface area (Å²) in [5, 5.41) is 3.71. The molecular formula is C18H26N4O. The maximum atomic E-state index is 5.54. The van der Waals surface area contributed by atoms with E-state index in [9.17, 15) is 0 Å². The second kappa shape index (κ2) is 7.15. The lowest BCUT2D eigenvalue weighted by molar-refractivity contribution is 0.261. The van der Waals surface area contributed by atoms with Crippen LogP contribution in [0.1, 0.15) is 36.3 Å². The molecule has 2 unspecified atom stereocenters. The molecule has 5 nitrogen and oxygen atoms in total. The van der Waals surface area contributed by atoms with Crippen molar-refractivity contribution in [1.82, 2.24) is 19.8 Å². The molecule has 0 saturated heterocycles. The van der Waals surface area contributed by atoms with Gasteiger partial charge in [0.25, 0.3) is 0 Å². The minimum Gasteiger partial charge on any atom is -0.496 e. The third-order valence-corrected chi connectivity index (χ3v) is 4.63. The maximum absolute atomic E-state index is 5.54. The Balaban J connectivity index is 1.75. The molecule has 0 radical (unpaired) electrons. The van der Waals surface area contributed by atoms with Gasteiger partial charge in [0.1, 0.15) is 11.6 Å². The molecule has 3 rings (SSSR count). The van der Waals surface area contributed by atoms with Crippen LogP contribution in [0, 0.1) is 0 Å². The van der Waals surface area contributed by atoms with Gasteiger partial charge in [0.15, 0.2) is 0 Å². The third kappa shape index (κ3) is 3.41. The minimum atomic E-state index is 0.261. The topological polar surface area (TPSA) is 42.3 Å². The first-order chi connectivity index (χ1) is 11.2. The molecule has 2 atom stereocenters. The predicted octanol–water partition coefficient (Wildman–Crippen LogP) is 2.62. The van der Waals surface area contributed by atoms with Crippen molar-refractivity contribution in [3.8, 4) is 5.75 Å². The van der Waals surface area contributed by atoms with Gasteiger partial charge in [0.2, 0.25) is 0 Å². The normalized spacial score (nSPS) is 18.7. The van der Waals surface area contributed by atoms with Crippen LogP contribution in [-0.2, 0) is 6.54 Å². The summed E-state index contributed by atoms with van der Waals surface area (Å²) in [4.78, 5) is 6.77. The maximum Gasteiger partial charge on any atom is 0.125 e. The molecule has 1 aliphatic heterocycles. The highest BCUT2D eigenvalue weighted by molar-refractivity contribution is 5.36. The van der Waals surface area contributed by atoms with Crippen LogP contribution < -0.4 is 10.1 Å². The number of hydrogen-bond donors (Lipinski definition) is 1. The highest BCUT2D eigenvalue weighted by Gasteiger charge is 2.24. The van der Waals surface area contributed by atoms with Crippen LogP contribution in [0.2, 0.25) is 0 Å². The number of likely N-dealkylation sites (N-methyl/N-ethyl adjacent to an activating group) is 1. The number of aryl methyl sites for hydroxylation is 1. The summed E-state index contributed by atoms with van der Waals surface area (Å²) in [6, 6.07) is 8.85. The molecule has 2 aromatic rings. The Kier molecular flexibility index (Phi) is 4.98. The van der Waals surface area contributed by atoms with Crippen LogP contribution in [0.5, 0.6) is 5.75 Å². The number of rotatable bonds is 6. The first-order valence-electron chi connectivity index (χ1n) is 8.24. The van der Waals surface area contributed by atoms with Gasteiger partial charge in [0.05, 0.1) is 19.2 Å². The fourth-order valence-corrected chi connectivity index (χ4v) is 3.37. The quantitative estimate of drug-likeness (QED) is 0.890. The van der Waals surface area contributed by atoms with Crippen LogP contribution in [0.25, 0.3) is 0 Å². The van der Waals surface area contributed by atoms with Crippen molar-refractivity contribution in [1.29, 1.82) is 0 Å². The van der Waals surface area contributed by atoms with Crippen molar-refractivity contribution in [3.63, 3.8) is 0 Å². The van der Waals surface area contributed by atoms with Crippen molar-refractivity contribution < 1.29 is 4.74 Å². The molecule has 0 fully saturated rings. The van der Waals surface area contributed by atoms with Crippen molar-refractivity contribution >= 4 is 0 Å². The number of ether oxygens (including phenoxy) is 1. The van der Waals surface area contributed by atoms with Crippen LogP contribution in [0.15, 0.2) is 36.7 Å². The Labute approximate surface area is 138 Å². The zero-order chi connectivity index (χ0) is 16.2. The monoisotopic (exact) mass is 314 g/mol. The van der Waals surface area contributed by atoms with Crippen molar-refractivity contribution in [2.75, 3.05) is 27.7 Å². The molecule has 0 bridgehead atoms. The Morgan fingerprint density at radius 2 is 2.22 bits per heavy atom. The summed E-state index contributed by atoms with van der Waals surface area (Å²) in [6.07, 6.45) is 6.32. The molecule has 0 saturated carbocycles. The van der Waals surface area contributed by atoms with Gasteiger partial charge in [-0.25, -0.2) is 4.98 Å². The van der Waals surface area contributed by atoms with Gasteiger partial charge in [-0.1, -0.05) is 18.2 Å². The van der Waals surface area contributed by atoms with E-state index in [1.807, 2.05) is 18.3 Å². The molecule has 0 aliphatic carbocycles. The van der Waals surface area contributed by atoms with Crippen molar-refractivity contribution in [3.05, 3.63) is 48.0 Å². The fourth-order valence-electron chi connectivity index (χ4n) is 3.37. The second-order valence-electron chi connectivity index (χ2n) is 6.30. The number of hydrogen-bond acceptors (Lipinski definition) is 4. The van der Waals surface area contributed by atoms with E-state index >= 15 is 0 Å². The first kappa shape index (κ1) is 16.0. The van der Waals surface area contributed by atoms with E-state index in [1.165, 1.54) is 12.0 Å². The van der Waals surface area contributed by atoms with E-state index in [1.54, 1.807) is 7.11 Å². The fraction of sp³-hybridized carbons (Fsp3) is 0.500. The number of imidazole rings is 1. The van der Waals surface area contributed by atoms with Gasteiger partial charge < -0.3 is 19.5 Å². The van der Waals surface area contributed by atoms with Crippen LogP contribution >= 0.6 is 0 Å². The average Bonchev–Trinajstić information content (AvgIpc) is 3.04. The first-order valence-corrected chi connectivity index (χ1v) is 8.24. The molecular weight excluding hydrogens is 288 g/mol. The van der Waals surface area contributed by atoms with E-state index in [0.29, 0.717) is 6.04 Å². The number of methoxy groups -OCH3 is 1. The number of nitrogens with zero attached hydrogens (tertiary/aromatic N) is 3. The third-order valence-electron chi connectivity index (χ3n) is 4.63. The molecule has 1 aromatic carbocycles. The van der Waals surface area contributed by atoms with Gasteiger partial charge >= 0.3 is 0 Å². The van der Waals surface area contributed by atoms with Crippen LogP contribution in [-0.4, -0.2) is 42.2 Å². The molecule has 5 heteroatoms. The zero-order valence-electron chi connectivity index (χ0n) is 14.2. The van der Waals surface area contributed by atoms with Crippen molar-refractivity contribution in [2.24, 2.45) is 0 Å². The van der Waals surface area contributed by atoms with Crippen molar-refractivity contribution in [2.45, 2.75) is 31.5 Å². The Morgan fingerprint density at radius 3 is 3.00 bits per heavy atom. The summed E-state index contributed by atoms with van der Waals surface area (Å²) < 4.78 is 7.80. The molecule has 0 amide bonds. The lowest BCUT2D eigenvalue weighted by Crippen LogP contribution is -2.35. The SMILES string of the molecule is COc1ccccc1C(CNC1CCCn2ccnc21)N(C)C. The van der Waals surface area contributed by atoms with Gasteiger partial charge in [-0.2, -0.15) is 0 Å². The summed E-state index contributed by atoms with van der Waals surface area (Å²) in [6.45, 7) is 1.95. The van der Waals surface area contributed by atoms with Gasteiger partial charge in [0, 0.05) is 31.0 Å². The molecule has 23 heavy (non-hydrogen) atoms. The number of benzene rings is 1. The summed E-state index contributed by atoms with van der Waals surface area (Å²) >= 11 is 0. The molecule has 1 aromatic heterocycles. The Hall–Kier alpha value is -1.85.